The van der Waals surface area contributed by atoms with Crippen molar-refractivity contribution in [2.45, 2.75) is 19.9 Å². The molecule has 2 aromatic rings. The lowest BCUT2D eigenvalue weighted by Gasteiger charge is -2.22. The van der Waals surface area contributed by atoms with Crippen LogP contribution in [0.25, 0.3) is 10.9 Å². The van der Waals surface area contributed by atoms with Crippen LogP contribution in [0.4, 0.5) is 5.69 Å². The Balaban J connectivity index is 2.53. The van der Waals surface area contributed by atoms with Gasteiger partial charge in [0, 0.05) is 30.2 Å². The normalized spacial score (nSPS) is 11.1. The van der Waals surface area contributed by atoms with Crippen LogP contribution in [0.1, 0.15) is 13.8 Å². The van der Waals surface area contributed by atoms with Crippen molar-refractivity contribution >= 4 is 16.6 Å². The fourth-order valence-corrected chi connectivity index (χ4v) is 1.63. The summed E-state index contributed by atoms with van der Waals surface area (Å²) in [6, 6.07) is 8.91. The molecule has 0 bridgehead atoms. The maximum Gasteiger partial charge on any atom is 0.0623 e. The van der Waals surface area contributed by atoms with Gasteiger partial charge in [-0.1, -0.05) is 18.2 Å². The van der Waals surface area contributed by atoms with E-state index in [1.165, 1.54) is 16.6 Å². The molecule has 2 nitrogen and oxygen atoms in total. The van der Waals surface area contributed by atoms with Crippen molar-refractivity contribution < 1.29 is 0 Å². The summed E-state index contributed by atoms with van der Waals surface area (Å²) in [5.74, 6) is 0. The number of fused-ring (bicyclic) bond motifs is 1. The number of nitrogens with zero attached hydrogens (tertiary/aromatic N) is 1. The van der Waals surface area contributed by atoms with Crippen LogP contribution in [-0.4, -0.2) is 18.1 Å². The molecule has 0 radical (unpaired) electrons. The molecule has 2 rings (SSSR count). The first-order valence-corrected chi connectivity index (χ1v) is 4.99. The van der Waals surface area contributed by atoms with E-state index < -0.39 is 0 Å². The highest BCUT2D eigenvalue weighted by Gasteiger charge is 2.09. The Hall–Kier alpha value is -1.44. The molecule has 1 aromatic carbocycles. The van der Waals surface area contributed by atoms with E-state index in [9.17, 15) is 0 Å². The van der Waals surface area contributed by atoms with E-state index in [0.717, 1.165) is 0 Å². The highest BCUT2D eigenvalue weighted by atomic mass is 15.1. The fourth-order valence-electron chi connectivity index (χ4n) is 1.63. The molecule has 2 heteroatoms. The van der Waals surface area contributed by atoms with Crippen molar-refractivity contribution in [2.75, 3.05) is 11.9 Å². The van der Waals surface area contributed by atoms with Gasteiger partial charge in [0.05, 0.1) is 5.69 Å². The Labute approximate surface area is 84.5 Å². The highest BCUT2D eigenvalue weighted by molar-refractivity contribution is 5.92. The van der Waals surface area contributed by atoms with Gasteiger partial charge in [-0.3, -0.25) is 0 Å². The summed E-state index contributed by atoms with van der Waals surface area (Å²) in [4.78, 5) is 5.56. The Kier molecular flexibility index (Phi) is 2.20. The van der Waals surface area contributed by atoms with Crippen molar-refractivity contribution in [1.82, 2.24) is 4.98 Å². The summed E-state index contributed by atoms with van der Waals surface area (Å²) < 4.78 is 0. The average Bonchev–Trinajstić information content (AvgIpc) is 2.60. The number of H-pyrrole nitrogens is 1. The number of rotatable bonds is 2. The third kappa shape index (κ3) is 1.37. The maximum absolute atomic E-state index is 3.28. The summed E-state index contributed by atoms with van der Waals surface area (Å²) in [5, 5.41) is 1.30. The average molecular weight is 188 g/mol. The molecule has 0 atom stereocenters. The van der Waals surface area contributed by atoms with Gasteiger partial charge in [-0.05, 0) is 19.9 Å². The second-order valence-electron chi connectivity index (χ2n) is 3.92. The molecule has 0 saturated heterocycles. The first-order valence-electron chi connectivity index (χ1n) is 4.99. The van der Waals surface area contributed by atoms with Crippen LogP contribution in [0, 0.1) is 0 Å². The highest BCUT2D eigenvalue weighted by Crippen LogP contribution is 2.26. The van der Waals surface area contributed by atoms with Gasteiger partial charge in [0.25, 0.3) is 0 Å². The standard InChI is InChI=1S/C12H16N2/c1-9(2)14(3)12-8-13-11-7-5-4-6-10(11)12/h4-9,13H,1-3H3. The van der Waals surface area contributed by atoms with Gasteiger partial charge in [-0.15, -0.1) is 0 Å². The minimum Gasteiger partial charge on any atom is -0.370 e. The number of hydrogen-bond donors (Lipinski definition) is 1. The van der Waals surface area contributed by atoms with Gasteiger partial charge in [-0.2, -0.15) is 0 Å². The van der Waals surface area contributed by atoms with E-state index in [2.05, 4.69) is 61.2 Å². The summed E-state index contributed by atoms with van der Waals surface area (Å²) in [6.07, 6.45) is 2.07. The number of aromatic amines is 1. The quantitative estimate of drug-likeness (QED) is 0.767. The van der Waals surface area contributed by atoms with E-state index in [1.807, 2.05) is 0 Å². The van der Waals surface area contributed by atoms with Crippen molar-refractivity contribution in [3.05, 3.63) is 30.5 Å². The molecule has 0 unspecified atom stereocenters. The molecule has 0 fully saturated rings. The lowest BCUT2D eigenvalue weighted by Crippen LogP contribution is -2.25. The number of benzene rings is 1. The number of anilines is 1. The Bertz CT molecular complexity index is 429. The smallest absolute Gasteiger partial charge is 0.0623 e. The molecule has 1 heterocycles. The molecule has 74 valence electrons. The van der Waals surface area contributed by atoms with Gasteiger partial charge in [0.15, 0.2) is 0 Å². The molecular weight excluding hydrogens is 172 g/mol. The molecule has 1 N–H and O–H groups in total. The number of aromatic nitrogens is 1. The Morgan fingerprint density at radius 3 is 2.64 bits per heavy atom. The minimum absolute atomic E-state index is 0.522. The number of hydrogen-bond acceptors (Lipinski definition) is 1. The minimum atomic E-state index is 0.522. The third-order valence-corrected chi connectivity index (χ3v) is 2.72. The van der Waals surface area contributed by atoms with Gasteiger partial charge >= 0.3 is 0 Å². The predicted octanol–water partition coefficient (Wildman–Crippen LogP) is 3.01. The van der Waals surface area contributed by atoms with Crippen molar-refractivity contribution in [3.63, 3.8) is 0 Å². The second kappa shape index (κ2) is 3.37. The lowest BCUT2D eigenvalue weighted by atomic mass is 10.2. The first kappa shape index (κ1) is 9.13. The molecule has 0 aliphatic rings. The summed E-state index contributed by atoms with van der Waals surface area (Å²) in [7, 11) is 2.13. The van der Waals surface area contributed by atoms with E-state index in [0.29, 0.717) is 6.04 Å². The topological polar surface area (TPSA) is 19.0 Å². The van der Waals surface area contributed by atoms with E-state index in [1.54, 1.807) is 0 Å². The van der Waals surface area contributed by atoms with E-state index in [-0.39, 0.29) is 0 Å². The first-order chi connectivity index (χ1) is 6.70. The zero-order valence-electron chi connectivity index (χ0n) is 8.91. The van der Waals surface area contributed by atoms with E-state index >= 15 is 0 Å². The van der Waals surface area contributed by atoms with Crippen LogP contribution in [0.2, 0.25) is 0 Å². The molecule has 0 aliphatic heterocycles. The van der Waals surface area contributed by atoms with Crippen LogP contribution in [0.15, 0.2) is 30.5 Å². The van der Waals surface area contributed by atoms with Crippen LogP contribution < -0.4 is 4.90 Å². The predicted molar refractivity (Wildman–Crippen MR) is 61.8 cm³/mol. The number of nitrogens with one attached hydrogen (secondary N) is 1. The van der Waals surface area contributed by atoms with Gasteiger partial charge in [0.1, 0.15) is 0 Å². The van der Waals surface area contributed by atoms with Crippen molar-refractivity contribution in [1.29, 1.82) is 0 Å². The maximum atomic E-state index is 3.28. The largest absolute Gasteiger partial charge is 0.370 e. The molecule has 0 amide bonds. The molecule has 14 heavy (non-hydrogen) atoms. The van der Waals surface area contributed by atoms with Gasteiger partial charge in [0.2, 0.25) is 0 Å². The van der Waals surface area contributed by atoms with Crippen LogP contribution >= 0.6 is 0 Å². The Morgan fingerprint density at radius 1 is 1.21 bits per heavy atom. The fraction of sp³-hybridized carbons (Fsp3) is 0.333. The van der Waals surface area contributed by atoms with E-state index in [4.69, 9.17) is 0 Å². The van der Waals surface area contributed by atoms with Crippen molar-refractivity contribution in [2.24, 2.45) is 0 Å². The molecule has 0 saturated carbocycles. The summed E-state index contributed by atoms with van der Waals surface area (Å²) >= 11 is 0. The van der Waals surface area contributed by atoms with Gasteiger partial charge in [-0.25, -0.2) is 0 Å². The third-order valence-electron chi connectivity index (χ3n) is 2.72. The molecular formula is C12H16N2. The lowest BCUT2D eigenvalue weighted by molar-refractivity contribution is 0.757. The van der Waals surface area contributed by atoms with Crippen LogP contribution in [0.3, 0.4) is 0 Å². The monoisotopic (exact) mass is 188 g/mol. The van der Waals surface area contributed by atoms with Crippen LogP contribution in [0.5, 0.6) is 0 Å². The molecule has 0 aliphatic carbocycles. The Morgan fingerprint density at radius 2 is 1.93 bits per heavy atom. The summed E-state index contributed by atoms with van der Waals surface area (Å²) in [5.41, 5.74) is 2.48. The van der Waals surface area contributed by atoms with Gasteiger partial charge < -0.3 is 9.88 Å². The molecule has 1 aromatic heterocycles. The summed E-state index contributed by atoms with van der Waals surface area (Å²) in [6.45, 7) is 4.39. The van der Waals surface area contributed by atoms with Crippen LogP contribution in [-0.2, 0) is 0 Å². The molecule has 0 spiro atoms. The SMILES string of the molecule is CC(C)N(C)c1c[nH]c2ccccc12. The van der Waals surface area contributed by atoms with Crippen molar-refractivity contribution in [3.8, 4) is 0 Å². The zero-order chi connectivity index (χ0) is 10.1. The number of para-hydroxylation sites is 1. The zero-order valence-corrected chi connectivity index (χ0v) is 8.91. The second-order valence-corrected chi connectivity index (χ2v) is 3.92.